The molecular formula is C16H16ClN3O4. The second kappa shape index (κ2) is 6.52. The third kappa shape index (κ3) is 3.21. The molecule has 2 aromatic rings. The molecule has 8 heteroatoms. The number of halogens is 1. The molecule has 3 rings (SSSR count). The fourth-order valence-corrected chi connectivity index (χ4v) is 2.81. The minimum atomic E-state index is -0.488. The average Bonchev–Trinajstić information content (AvgIpc) is 3.13. The van der Waals surface area contributed by atoms with E-state index in [-0.39, 0.29) is 24.8 Å². The summed E-state index contributed by atoms with van der Waals surface area (Å²) in [7, 11) is 1.52. The predicted molar refractivity (Wildman–Crippen MR) is 88.3 cm³/mol. The van der Waals surface area contributed by atoms with Gasteiger partial charge in [0.1, 0.15) is 11.5 Å². The van der Waals surface area contributed by atoms with Gasteiger partial charge in [-0.1, -0.05) is 16.8 Å². The molecule has 7 nitrogen and oxygen atoms in total. The molecule has 1 aromatic heterocycles. The van der Waals surface area contributed by atoms with Crippen LogP contribution in [0.5, 0.6) is 5.75 Å². The fraction of sp³-hybridized carbons (Fsp3) is 0.312. The quantitative estimate of drug-likeness (QED) is 0.917. The molecule has 0 saturated carbocycles. The Morgan fingerprint density at radius 3 is 2.92 bits per heavy atom. The van der Waals surface area contributed by atoms with Crippen LogP contribution >= 0.6 is 11.6 Å². The van der Waals surface area contributed by atoms with Crippen molar-refractivity contribution in [2.45, 2.75) is 13.3 Å². The molecule has 0 bridgehead atoms. The van der Waals surface area contributed by atoms with Crippen molar-refractivity contribution in [1.82, 2.24) is 5.16 Å². The van der Waals surface area contributed by atoms with Gasteiger partial charge in [-0.25, -0.2) is 0 Å². The van der Waals surface area contributed by atoms with Crippen molar-refractivity contribution in [3.63, 3.8) is 0 Å². The lowest BCUT2D eigenvalue weighted by molar-refractivity contribution is -0.122. The Labute approximate surface area is 143 Å². The summed E-state index contributed by atoms with van der Waals surface area (Å²) in [5.74, 6) is 0.535. The van der Waals surface area contributed by atoms with E-state index in [0.29, 0.717) is 28.0 Å². The van der Waals surface area contributed by atoms with Gasteiger partial charge in [0, 0.05) is 24.1 Å². The Kier molecular flexibility index (Phi) is 4.44. The van der Waals surface area contributed by atoms with Gasteiger partial charge in [0.2, 0.25) is 11.8 Å². The highest BCUT2D eigenvalue weighted by molar-refractivity contribution is 6.31. The molecule has 2 amide bonds. The number of benzene rings is 1. The van der Waals surface area contributed by atoms with Crippen LogP contribution in [0.4, 0.5) is 11.5 Å². The SMILES string of the molecule is COc1ccc(Cl)cc1N1CC(C(=O)Nc2cc(C)on2)CC1=O. The molecule has 1 aliphatic rings. The first kappa shape index (κ1) is 16.3. The molecular weight excluding hydrogens is 334 g/mol. The van der Waals surface area contributed by atoms with E-state index in [0.717, 1.165) is 0 Å². The number of carbonyl (C=O) groups excluding carboxylic acids is 2. The molecule has 24 heavy (non-hydrogen) atoms. The predicted octanol–water partition coefficient (Wildman–Crippen LogP) is 2.64. The smallest absolute Gasteiger partial charge is 0.231 e. The van der Waals surface area contributed by atoms with Gasteiger partial charge >= 0.3 is 0 Å². The summed E-state index contributed by atoms with van der Waals surface area (Å²) >= 11 is 6.02. The van der Waals surface area contributed by atoms with Crippen LogP contribution in [-0.4, -0.2) is 30.6 Å². The van der Waals surface area contributed by atoms with Crippen molar-refractivity contribution in [3.05, 3.63) is 35.0 Å². The van der Waals surface area contributed by atoms with Crippen molar-refractivity contribution in [1.29, 1.82) is 0 Å². The summed E-state index contributed by atoms with van der Waals surface area (Å²) in [6, 6.07) is 6.64. The Morgan fingerprint density at radius 2 is 2.25 bits per heavy atom. The zero-order valence-corrected chi connectivity index (χ0v) is 14.0. The standard InChI is InChI=1S/C16H16ClN3O4/c1-9-5-14(19-24-9)18-16(22)10-6-15(21)20(8-10)12-7-11(17)3-4-13(12)23-2/h3-5,7,10H,6,8H2,1-2H3,(H,18,19,22). The number of carbonyl (C=O) groups is 2. The van der Waals surface area contributed by atoms with Crippen LogP contribution in [0.15, 0.2) is 28.8 Å². The van der Waals surface area contributed by atoms with Gasteiger partial charge in [0.25, 0.3) is 0 Å². The lowest BCUT2D eigenvalue weighted by Crippen LogP contribution is -2.28. The lowest BCUT2D eigenvalue weighted by atomic mass is 10.1. The maximum absolute atomic E-state index is 12.3. The number of aryl methyl sites for hydroxylation is 1. The summed E-state index contributed by atoms with van der Waals surface area (Å²) < 4.78 is 10.2. The number of aromatic nitrogens is 1. The van der Waals surface area contributed by atoms with Crippen molar-refractivity contribution < 1.29 is 18.8 Å². The average molecular weight is 350 g/mol. The number of hydrogen-bond donors (Lipinski definition) is 1. The van der Waals surface area contributed by atoms with E-state index in [1.807, 2.05) is 0 Å². The normalized spacial score (nSPS) is 17.2. The summed E-state index contributed by atoms with van der Waals surface area (Å²) in [6.07, 6.45) is 0.109. The third-order valence-electron chi connectivity index (χ3n) is 3.81. The summed E-state index contributed by atoms with van der Waals surface area (Å²) in [5, 5.41) is 6.87. The van der Waals surface area contributed by atoms with Crippen molar-refractivity contribution >= 4 is 34.9 Å². The molecule has 0 aliphatic carbocycles. The van der Waals surface area contributed by atoms with Crippen LogP contribution in [0.3, 0.4) is 0 Å². The highest BCUT2D eigenvalue weighted by atomic mass is 35.5. The maximum Gasteiger partial charge on any atom is 0.231 e. The van der Waals surface area contributed by atoms with Crippen LogP contribution in [0.1, 0.15) is 12.2 Å². The van der Waals surface area contributed by atoms with Gasteiger partial charge in [-0.3, -0.25) is 9.59 Å². The fourth-order valence-electron chi connectivity index (χ4n) is 2.64. The molecule has 0 radical (unpaired) electrons. The number of rotatable bonds is 4. The van der Waals surface area contributed by atoms with E-state index in [1.165, 1.54) is 12.0 Å². The van der Waals surface area contributed by atoms with E-state index in [9.17, 15) is 9.59 Å². The molecule has 1 saturated heterocycles. The number of anilines is 2. The highest BCUT2D eigenvalue weighted by Gasteiger charge is 2.36. The summed E-state index contributed by atoms with van der Waals surface area (Å²) in [5.41, 5.74) is 0.558. The molecule has 126 valence electrons. The van der Waals surface area contributed by atoms with Crippen molar-refractivity contribution in [3.8, 4) is 5.75 Å². The Balaban J connectivity index is 1.76. The minimum absolute atomic E-state index is 0.109. The molecule has 1 aliphatic heterocycles. The van der Waals surface area contributed by atoms with Crippen LogP contribution in [0, 0.1) is 12.8 Å². The highest BCUT2D eigenvalue weighted by Crippen LogP contribution is 2.35. The molecule has 1 fully saturated rings. The monoisotopic (exact) mass is 349 g/mol. The van der Waals surface area contributed by atoms with Gasteiger partial charge in [-0.05, 0) is 25.1 Å². The lowest BCUT2D eigenvalue weighted by Gasteiger charge is -2.19. The van der Waals surface area contributed by atoms with Gasteiger partial charge in [0.15, 0.2) is 5.82 Å². The second-order valence-corrected chi connectivity index (χ2v) is 5.97. The molecule has 2 heterocycles. The first-order valence-electron chi connectivity index (χ1n) is 7.36. The van der Waals surface area contributed by atoms with Gasteiger partial charge in [-0.15, -0.1) is 0 Å². The number of ether oxygens (including phenoxy) is 1. The molecule has 1 aromatic carbocycles. The first-order chi connectivity index (χ1) is 11.5. The maximum atomic E-state index is 12.3. The van der Waals surface area contributed by atoms with Crippen LogP contribution in [0.2, 0.25) is 5.02 Å². The van der Waals surface area contributed by atoms with E-state index in [2.05, 4.69) is 10.5 Å². The Morgan fingerprint density at radius 1 is 1.46 bits per heavy atom. The van der Waals surface area contributed by atoms with E-state index < -0.39 is 5.92 Å². The van der Waals surface area contributed by atoms with E-state index >= 15 is 0 Å². The third-order valence-corrected chi connectivity index (χ3v) is 4.04. The zero-order valence-electron chi connectivity index (χ0n) is 13.2. The van der Waals surface area contributed by atoms with Crippen molar-refractivity contribution in [2.24, 2.45) is 5.92 Å². The van der Waals surface area contributed by atoms with Gasteiger partial charge < -0.3 is 19.5 Å². The Hall–Kier alpha value is -2.54. The molecule has 1 N–H and O–H groups in total. The zero-order chi connectivity index (χ0) is 17.3. The number of nitrogens with zero attached hydrogens (tertiary/aromatic N) is 2. The van der Waals surface area contributed by atoms with Crippen molar-refractivity contribution in [2.75, 3.05) is 23.9 Å². The van der Waals surface area contributed by atoms with Crippen LogP contribution in [0.25, 0.3) is 0 Å². The topological polar surface area (TPSA) is 84.7 Å². The van der Waals surface area contributed by atoms with Gasteiger partial charge in [0.05, 0.1) is 18.7 Å². The number of hydrogen-bond acceptors (Lipinski definition) is 5. The van der Waals surface area contributed by atoms with E-state index in [1.54, 1.807) is 31.2 Å². The van der Waals surface area contributed by atoms with Crippen LogP contribution in [-0.2, 0) is 9.59 Å². The minimum Gasteiger partial charge on any atom is -0.495 e. The van der Waals surface area contributed by atoms with Crippen LogP contribution < -0.4 is 15.0 Å². The second-order valence-electron chi connectivity index (χ2n) is 5.53. The largest absolute Gasteiger partial charge is 0.495 e. The number of methoxy groups -OCH3 is 1. The number of amides is 2. The van der Waals surface area contributed by atoms with Gasteiger partial charge in [-0.2, -0.15) is 0 Å². The molecule has 1 atom stereocenters. The molecule has 1 unspecified atom stereocenters. The van der Waals surface area contributed by atoms with E-state index in [4.69, 9.17) is 20.9 Å². The first-order valence-corrected chi connectivity index (χ1v) is 7.74. The molecule has 0 spiro atoms. The number of nitrogens with one attached hydrogen (secondary N) is 1. The summed E-state index contributed by atoms with van der Waals surface area (Å²) in [4.78, 5) is 26.2. The summed E-state index contributed by atoms with van der Waals surface area (Å²) in [6.45, 7) is 1.98. The Bertz CT molecular complexity index is 789.